The van der Waals surface area contributed by atoms with Crippen molar-refractivity contribution in [3.05, 3.63) is 35.4 Å². The zero-order valence-electron chi connectivity index (χ0n) is 10.9. The van der Waals surface area contributed by atoms with Gasteiger partial charge < -0.3 is 5.32 Å². The maximum Gasteiger partial charge on any atom is 0.0354 e. The highest BCUT2D eigenvalue weighted by molar-refractivity contribution is 5.30. The molecule has 0 spiro atoms. The zero-order valence-corrected chi connectivity index (χ0v) is 10.9. The predicted molar refractivity (Wildman–Crippen MR) is 71.9 cm³/mol. The molecular weight excluding hydrogens is 206 g/mol. The Morgan fingerprint density at radius 2 is 1.65 bits per heavy atom. The molecule has 0 heterocycles. The van der Waals surface area contributed by atoms with Crippen LogP contribution in [-0.2, 0) is 0 Å². The molecule has 1 N–H and O–H groups in total. The summed E-state index contributed by atoms with van der Waals surface area (Å²) >= 11 is 0. The van der Waals surface area contributed by atoms with Crippen LogP contribution in [0.4, 0.5) is 0 Å². The summed E-state index contributed by atoms with van der Waals surface area (Å²) in [5.41, 5.74) is 2.97. The van der Waals surface area contributed by atoms with E-state index in [0.717, 1.165) is 17.8 Å². The van der Waals surface area contributed by atoms with Crippen LogP contribution in [0.15, 0.2) is 24.3 Å². The molecule has 1 aromatic rings. The smallest absolute Gasteiger partial charge is 0.0354 e. The molecule has 3 rings (SSSR count). The third-order valence-corrected chi connectivity index (χ3v) is 4.55. The minimum absolute atomic E-state index is 0.580. The van der Waals surface area contributed by atoms with Crippen molar-refractivity contribution in [1.29, 1.82) is 0 Å². The summed E-state index contributed by atoms with van der Waals surface area (Å²) in [6.45, 7) is 2.25. The molecule has 1 nitrogen and oxygen atoms in total. The van der Waals surface area contributed by atoms with Gasteiger partial charge in [0.25, 0.3) is 0 Å². The van der Waals surface area contributed by atoms with Gasteiger partial charge in [0, 0.05) is 6.04 Å². The average molecular weight is 229 g/mol. The Hall–Kier alpha value is -0.820. The molecule has 17 heavy (non-hydrogen) atoms. The van der Waals surface area contributed by atoms with E-state index in [2.05, 4.69) is 43.6 Å². The molecule has 92 valence electrons. The van der Waals surface area contributed by atoms with Crippen molar-refractivity contribution in [2.45, 2.75) is 38.6 Å². The lowest BCUT2D eigenvalue weighted by Gasteiger charge is -2.28. The highest BCUT2D eigenvalue weighted by Crippen LogP contribution is 2.54. The molecule has 0 amide bonds. The van der Waals surface area contributed by atoms with E-state index < -0.39 is 0 Å². The molecule has 0 aliphatic heterocycles. The van der Waals surface area contributed by atoms with Crippen LogP contribution in [0.2, 0.25) is 0 Å². The van der Waals surface area contributed by atoms with Crippen molar-refractivity contribution >= 4 is 0 Å². The minimum atomic E-state index is 0.580. The largest absolute Gasteiger partial charge is 0.313 e. The first-order valence-corrected chi connectivity index (χ1v) is 7.04. The Bertz CT molecular complexity index is 378. The van der Waals surface area contributed by atoms with Gasteiger partial charge in [0.05, 0.1) is 0 Å². The summed E-state index contributed by atoms with van der Waals surface area (Å²) in [6.07, 6.45) is 5.85. The first-order chi connectivity index (χ1) is 8.31. The Morgan fingerprint density at radius 3 is 2.12 bits per heavy atom. The topological polar surface area (TPSA) is 12.0 Å². The molecular formula is C16H23N. The van der Waals surface area contributed by atoms with E-state index in [1.807, 2.05) is 0 Å². The van der Waals surface area contributed by atoms with Crippen LogP contribution in [0.1, 0.15) is 42.9 Å². The molecule has 1 unspecified atom stereocenters. The lowest BCUT2D eigenvalue weighted by atomic mass is 9.83. The molecule has 1 aromatic carbocycles. The Labute approximate surface area is 105 Å². The second-order valence-electron chi connectivity index (χ2n) is 5.88. The van der Waals surface area contributed by atoms with E-state index in [1.54, 1.807) is 0 Å². The maximum absolute atomic E-state index is 3.60. The van der Waals surface area contributed by atoms with E-state index in [4.69, 9.17) is 0 Å². The molecule has 2 aliphatic rings. The van der Waals surface area contributed by atoms with Crippen molar-refractivity contribution < 1.29 is 0 Å². The first-order valence-electron chi connectivity index (χ1n) is 7.04. The van der Waals surface area contributed by atoms with E-state index in [0.29, 0.717) is 6.04 Å². The van der Waals surface area contributed by atoms with Crippen molar-refractivity contribution in [2.75, 3.05) is 7.05 Å². The van der Waals surface area contributed by atoms with Gasteiger partial charge in [0.1, 0.15) is 0 Å². The van der Waals surface area contributed by atoms with Crippen molar-refractivity contribution in [2.24, 2.45) is 17.8 Å². The van der Waals surface area contributed by atoms with Crippen LogP contribution in [0.3, 0.4) is 0 Å². The molecule has 2 saturated carbocycles. The Kier molecular flexibility index (Phi) is 2.96. The van der Waals surface area contributed by atoms with E-state index >= 15 is 0 Å². The second-order valence-corrected chi connectivity index (χ2v) is 5.88. The number of rotatable bonds is 5. The number of nitrogens with one attached hydrogen (secondary N) is 1. The molecule has 2 fully saturated rings. The number of hydrogen-bond acceptors (Lipinski definition) is 1. The fraction of sp³-hybridized carbons (Fsp3) is 0.625. The molecule has 1 heteroatoms. The third-order valence-electron chi connectivity index (χ3n) is 4.55. The van der Waals surface area contributed by atoms with Crippen molar-refractivity contribution in [1.82, 2.24) is 5.32 Å². The van der Waals surface area contributed by atoms with Crippen LogP contribution in [-0.4, -0.2) is 7.05 Å². The zero-order chi connectivity index (χ0) is 11.8. The normalized spacial score (nSPS) is 21.8. The SMILES string of the molecule is CNC(c1ccccc1C)C(C1CC1)C1CC1. The van der Waals surface area contributed by atoms with Gasteiger partial charge in [-0.3, -0.25) is 0 Å². The maximum atomic E-state index is 3.60. The number of aryl methyl sites for hydroxylation is 1. The van der Waals surface area contributed by atoms with Crippen LogP contribution in [0.5, 0.6) is 0 Å². The standard InChI is InChI=1S/C16H23N/c1-11-5-3-4-6-14(11)16(17-2)15(12-7-8-12)13-9-10-13/h3-6,12-13,15-17H,7-10H2,1-2H3. The summed E-state index contributed by atoms with van der Waals surface area (Å²) in [5, 5.41) is 3.60. The Morgan fingerprint density at radius 1 is 1.06 bits per heavy atom. The van der Waals surface area contributed by atoms with Crippen LogP contribution in [0.25, 0.3) is 0 Å². The monoisotopic (exact) mass is 229 g/mol. The lowest BCUT2D eigenvalue weighted by molar-refractivity contribution is 0.299. The van der Waals surface area contributed by atoms with Gasteiger partial charge in [-0.05, 0) is 68.5 Å². The fourth-order valence-electron chi connectivity index (χ4n) is 3.38. The van der Waals surface area contributed by atoms with Crippen LogP contribution >= 0.6 is 0 Å². The Balaban J connectivity index is 1.88. The van der Waals surface area contributed by atoms with Gasteiger partial charge in [0.15, 0.2) is 0 Å². The molecule has 2 aliphatic carbocycles. The first kappa shape index (κ1) is 11.3. The molecule has 0 aromatic heterocycles. The van der Waals surface area contributed by atoms with Gasteiger partial charge in [-0.25, -0.2) is 0 Å². The van der Waals surface area contributed by atoms with Gasteiger partial charge in [-0.15, -0.1) is 0 Å². The molecule has 0 bridgehead atoms. The van der Waals surface area contributed by atoms with E-state index in [9.17, 15) is 0 Å². The molecule has 0 radical (unpaired) electrons. The highest BCUT2D eigenvalue weighted by atomic mass is 14.9. The van der Waals surface area contributed by atoms with Gasteiger partial charge in [-0.2, -0.15) is 0 Å². The fourth-order valence-corrected chi connectivity index (χ4v) is 3.38. The number of hydrogen-bond donors (Lipinski definition) is 1. The summed E-state index contributed by atoms with van der Waals surface area (Å²) < 4.78 is 0. The van der Waals surface area contributed by atoms with Crippen molar-refractivity contribution in [3.8, 4) is 0 Å². The predicted octanol–water partition coefficient (Wildman–Crippen LogP) is 3.69. The summed E-state index contributed by atoms with van der Waals surface area (Å²) in [6, 6.07) is 9.47. The molecule has 1 atom stereocenters. The van der Waals surface area contributed by atoms with Gasteiger partial charge >= 0.3 is 0 Å². The van der Waals surface area contributed by atoms with E-state index in [-0.39, 0.29) is 0 Å². The lowest BCUT2D eigenvalue weighted by Crippen LogP contribution is -2.28. The molecule has 0 saturated heterocycles. The number of benzene rings is 1. The highest BCUT2D eigenvalue weighted by Gasteiger charge is 2.45. The summed E-state index contributed by atoms with van der Waals surface area (Å²) in [4.78, 5) is 0. The summed E-state index contributed by atoms with van der Waals surface area (Å²) in [7, 11) is 2.13. The van der Waals surface area contributed by atoms with Crippen molar-refractivity contribution in [3.63, 3.8) is 0 Å². The second kappa shape index (κ2) is 4.45. The van der Waals surface area contributed by atoms with Crippen LogP contribution in [0, 0.1) is 24.7 Å². The minimum Gasteiger partial charge on any atom is -0.313 e. The van der Waals surface area contributed by atoms with Gasteiger partial charge in [0.2, 0.25) is 0 Å². The third kappa shape index (κ3) is 2.26. The average Bonchev–Trinajstić information content (AvgIpc) is 3.20. The van der Waals surface area contributed by atoms with Crippen LogP contribution < -0.4 is 5.32 Å². The quantitative estimate of drug-likeness (QED) is 0.812. The van der Waals surface area contributed by atoms with E-state index in [1.165, 1.54) is 36.8 Å². The summed E-state index contributed by atoms with van der Waals surface area (Å²) in [5.74, 6) is 2.89. The van der Waals surface area contributed by atoms with Gasteiger partial charge in [-0.1, -0.05) is 24.3 Å².